The number of nitrogens with one attached hydrogen (secondary N) is 1. The fourth-order valence-electron chi connectivity index (χ4n) is 4.00. The molecule has 0 saturated carbocycles. The van der Waals surface area contributed by atoms with E-state index in [4.69, 9.17) is 4.74 Å². The zero-order chi connectivity index (χ0) is 20.8. The number of rotatable bonds is 7. The molecule has 1 fully saturated rings. The molecular formula is C22H30N4O3. The van der Waals surface area contributed by atoms with Crippen molar-refractivity contribution in [3.8, 4) is 5.75 Å². The van der Waals surface area contributed by atoms with Crippen LogP contribution >= 0.6 is 0 Å². The number of methoxy groups -OCH3 is 1. The van der Waals surface area contributed by atoms with Crippen molar-refractivity contribution >= 4 is 5.91 Å². The van der Waals surface area contributed by atoms with Crippen LogP contribution in [0.3, 0.4) is 0 Å². The molecule has 7 heteroatoms. The van der Waals surface area contributed by atoms with Gasteiger partial charge in [0.05, 0.1) is 7.11 Å². The Kier molecular flexibility index (Phi) is 7.04. The number of carbonyl (C=O) groups excluding carboxylic acids is 1. The number of amides is 1. The van der Waals surface area contributed by atoms with Crippen molar-refractivity contribution in [3.63, 3.8) is 0 Å². The van der Waals surface area contributed by atoms with Crippen molar-refractivity contribution in [2.24, 2.45) is 5.92 Å². The number of aromatic amines is 1. The molecule has 0 aliphatic carbocycles. The summed E-state index contributed by atoms with van der Waals surface area (Å²) in [6.07, 6.45) is 4.51. The highest BCUT2D eigenvalue weighted by molar-refractivity contribution is 5.93. The van der Waals surface area contributed by atoms with Crippen LogP contribution < -0.4 is 10.3 Å². The third-order valence-electron chi connectivity index (χ3n) is 5.53. The zero-order valence-corrected chi connectivity index (χ0v) is 17.5. The Morgan fingerprint density at radius 2 is 2.17 bits per heavy atom. The monoisotopic (exact) mass is 398 g/mol. The molecule has 0 bridgehead atoms. The molecule has 2 aromatic rings. The summed E-state index contributed by atoms with van der Waals surface area (Å²) in [6, 6.07) is 8.14. The Morgan fingerprint density at radius 3 is 2.93 bits per heavy atom. The van der Waals surface area contributed by atoms with E-state index >= 15 is 0 Å². The zero-order valence-electron chi connectivity index (χ0n) is 17.5. The quantitative estimate of drug-likeness (QED) is 0.773. The van der Waals surface area contributed by atoms with Crippen LogP contribution in [0.15, 0.2) is 35.3 Å². The third-order valence-corrected chi connectivity index (χ3v) is 5.53. The van der Waals surface area contributed by atoms with Crippen LogP contribution in [-0.2, 0) is 6.42 Å². The first-order valence-electron chi connectivity index (χ1n) is 10.1. The smallest absolute Gasteiger partial charge is 0.263 e. The number of H-pyrrole nitrogens is 1. The van der Waals surface area contributed by atoms with Gasteiger partial charge in [0.25, 0.3) is 11.5 Å². The minimum absolute atomic E-state index is 0.0990. The largest absolute Gasteiger partial charge is 0.496 e. The summed E-state index contributed by atoms with van der Waals surface area (Å²) in [4.78, 5) is 35.4. The molecule has 1 aromatic carbocycles. The second-order valence-electron chi connectivity index (χ2n) is 7.77. The van der Waals surface area contributed by atoms with Crippen LogP contribution in [0.5, 0.6) is 5.75 Å². The van der Waals surface area contributed by atoms with E-state index in [1.54, 1.807) is 26.0 Å². The van der Waals surface area contributed by atoms with E-state index in [1.165, 1.54) is 11.8 Å². The molecule has 1 aromatic heterocycles. The molecule has 1 amide bonds. The van der Waals surface area contributed by atoms with E-state index in [0.717, 1.165) is 44.6 Å². The normalized spacial score (nSPS) is 17.1. The summed E-state index contributed by atoms with van der Waals surface area (Å²) >= 11 is 0. The fraction of sp³-hybridized carbons (Fsp3) is 0.500. The van der Waals surface area contributed by atoms with Gasteiger partial charge in [-0.05, 0) is 50.3 Å². The number of benzene rings is 1. The van der Waals surface area contributed by atoms with Gasteiger partial charge in [0.1, 0.15) is 17.1 Å². The minimum Gasteiger partial charge on any atom is -0.496 e. The third kappa shape index (κ3) is 5.44. The number of aryl methyl sites for hydroxylation is 1. The molecule has 2 heterocycles. The molecule has 3 rings (SSSR count). The number of hydrogen-bond donors (Lipinski definition) is 1. The fourth-order valence-corrected chi connectivity index (χ4v) is 4.00. The van der Waals surface area contributed by atoms with Crippen molar-refractivity contribution in [1.29, 1.82) is 0 Å². The number of para-hydroxylation sites is 1. The van der Waals surface area contributed by atoms with Gasteiger partial charge < -0.3 is 19.5 Å². The van der Waals surface area contributed by atoms with Crippen LogP contribution in [0.4, 0.5) is 0 Å². The number of nitrogens with zero attached hydrogens (tertiary/aromatic N) is 3. The van der Waals surface area contributed by atoms with E-state index in [1.807, 2.05) is 18.2 Å². The molecule has 1 aliphatic heterocycles. The van der Waals surface area contributed by atoms with Crippen molar-refractivity contribution in [2.75, 3.05) is 40.3 Å². The van der Waals surface area contributed by atoms with Crippen LogP contribution in [0.25, 0.3) is 0 Å². The first-order chi connectivity index (χ1) is 14.0. The van der Waals surface area contributed by atoms with Gasteiger partial charge in [0.15, 0.2) is 0 Å². The predicted molar refractivity (Wildman–Crippen MR) is 112 cm³/mol. The molecule has 1 aliphatic rings. The second kappa shape index (κ2) is 9.69. The lowest BCUT2D eigenvalue weighted by atomic mass is 9.96. The van der Waals surface area contributed by atoms with E-state index in [0.29, 0.717) is 18.3 Å². The number of ether oxygens (including phenoxy) is 1. The molecule has 1 saturated heterocycles. The standard InChI is InChI=1S/C22H30N4O3/c1-16-23-13-19(21(27)24-16)22(28)25(2)14-17-7-6-11-26(15-17)12-10-18-8-4-5-9-20(18)29-3/h4-5,8-9,13,17H,6-7,10-12,14-15H2,1-3H3,(H,23,24,27)/t17-/m1/s1. The van der Waals surface area contributed by atoms with Crippen LogP contribution in [0.1, 0.15) is 34.6 Å². The minimum atomic E-state index is -0.378. The Hall–Kier alpha value is -2.67. The van der Waals surface area contributed by atoms with E-state index in [9.17, 15) is 9.59 Å². The highest BCUT2D eigenvalue weighted by Crippen LogP contribution is 2.21. The van der Waals surface area contributed by atoms with Crippen LogP contribution in [0, 0.1) is 12.8 Å². The second-order valence-corrected chi connectivity index (χ2v) is 7.77. The molecule has 29 heavy (non-hydrogen) atoms. The first-order valence-corrected chi connectivity index (χ1v) is 10.1. The van der Waals surface area contributed by atoms with Gasteiger partial charge in [0.2, 0.25) is 0 Å². The molecule has 0 unspecified atom stereocenters. The molecule has 0 spiro atoms. The number of piperidine rings is 1. The van der Waals surface area contributed by atoms with Gasteiger partial charge in [-0.15, -0.1) is 0 Å². The predicted octanol–water partition coefficient (Wildman–Crippen LogP) is 2.11. The number of hydrogen-bond acceptors (Lipinski definition) is 5. The van der Waals surface area contributed by atoms with E-state index < -0.39 is 0 Å². The summed E-state index contributed by atoms with van der Waals surface area (Å²) < 4.78 is 5.45. The average molecular weight is 399 g/mol. The van der Waals surface area contributed by atoms with Crippen molar-refractivity contribution in [1.82, 2.24) is 19.8 Å². The number of carbonyl (C=O) groups is 1. The summed E-state index contributed by atoms with van der Waals surface area (Å²) in [5.74, 6) is 1.56. The molecule has 7 nitrogen and oxygen atoms in total. The maximum Gasteiger partial charge on any atom is 0.263 e. The number of likely N-dealkylation sites (tertiary alicyclic amines) is 1. The average Bonchev–Trinajstić information content (AvgIpc) is 2.72. The molecule has 156 valence electrons. The van der Waals surface area contributed by atoms with Gasteiger partial charge in [-0.3, -0.25) is 9.59 Å². The topological polar surface area (TPSA) is 78.5 Å². The van der Waals surface area contributed by atoms with Crippen molar-refractivity contribution < 1.29 is 9.53 Å². The Morgan fingerprint density at radius 1 is 1.38 bits per heavy atom. The molecule has 1 atom stereocenters. The maximum atomic E-state index is 12.7. The van der Waals surface area contributed by atoms with Gasteiger partial charge in [0, 0.05) is 32.9 Å². The van der Waals surface area contributed by atoms with Gasteiger partial charge in [-0.2, -0.15) is 0 Å². The Labute approximate surface area is 171 Å². The summed E-state index contributed by atoms with van der Waals surface area (Å²) in [7, 11) is 3.46. The SMILES string of the molecule is COc1ccccc1CCN1CCC[C@H](CN(C)C(=O)c2cnc(C)[nH]c2=O)C1. The molecule has 1 N–H and O–H groups in total. The van der Waals surface area contributed by atoms with Crippen molar-refractivity contribution in [3.05, 3.63) is 57.8 Å². The lowest BCUT2D eigenvalue weighted by Crippen LogP contribution is -2.43. The highest BCUT2D eigenvalue weighted by Gasteiger charge is 2.24. The van der Waals surface area contributed by atoms with Gasteiger partial charge in [-0.1, -0.05) is 18.2 Å². The highest BCUT2D eigenvalue weighted by atomic mass is 16.5. The Balaban J connectivity index is 1.55. The summed E-state index contributed by atoms with van der Waals surface area (Å²) in [5.41, 5.74) is 0.939. The van der Waals surface area contributed by atoms with Gasteiger partial charge in [-0.25, -0.2) is 4.98 Å². The molecule has 0 radical (unpaired) electrons. The van der Waals surface area contributed by atoms with Crippen molar-refractivity contribution in [2.45, 2.75) is 26.2 Å². The molecular weight excluding hydrogens is 368 g/mol. The van der Waals surface area contributed by atoms with Crippen LogP contribution in [0.2, 0.25) is 0 Å². The lowest BCUT2D eigenvalue weighted by molar-refractivity contribution is 0.0728. The summed E-state index contributed by atoms with van der Waals surface area (Å²) in [5, 5.41) is 0. The summed E-state index contributed by atoms with van der Waals surface area (Å²) in [6.45, 7) is 5.33. The number of aromatic nitrogens is 2. The Bertz CT molecular complexity index is 896. The lowest BCUT2D eigenvalue weighted by Gasteiger charge is -2.34. The first kappa shape index (κ1) is 21.0. The van der Waals surface area contributed by atoms with Gasteiger partial charge >= 0.3 is 0 Å². The van der Waals surface area contributed by atoms with Crippen LogP contribution in [-0.4, -0.2) is 66.0 Å². The maximum absolute atomic E-state index is 12.7. The van der Waals surface area contributed by atoms with E-state index in [2.05, 4.69) is 20.9 Å². The van der Waals surface area contributed by atoms with E-state index in [-0.39, 0.29) is 17.0 Å².